The van der Waals surface area contributed by atoms with Gasteiger partial charge in [0.15, 0.2) is 0 Å². The summed E-state index contributed by atoms with van der Waals surface area (Å²) in [4.78, 5) is 12.5. The lowest BCUT2D eigenvalue weighted by Crippen LogP contribution is -2.46. The smallest absolute Gasteiger partial charge is 0.267 e. The summed E-state index contributed by atoms with van der Waals surface area (Å²) in [6, 6.07) is -1.08. The van der Waals surface area contributed by atoms with Crippen LogP contribution in [0.1, 0.15) is 174 Å². The lowest BCUT2D eigenvalue weighted by molar-refractivity contribution is -0.122. The molecule has 2 atom stereocenters. The van der Waals surface area contributed by atoms with E-state index >= 15 is 0 Å². The Hall–Kier alpha value is -1.96. The van der Waals surface area contributed by atoms with Gasteiger partial charge in [0.05, 0.1) is 17.9 Å². The van der Waals surface area contributed by atoms with Crippen LogP contribution in [0.15, 0.2) is 60.8 Å². The predicted molar refractivity (Wildman–Crippen MR) is 207 cm³/mol. The number of carbonyl (C=O) groups excluding carboxylic acids is 1. The van der Waals surface area contributed by atoms with E-state index in [-0.39, 0.29) is 12.3 Å². The van der Waals surface area contributed by atoms with Crippen molar-refractivity contribution in [1.29, 1.82) is 0 Å². The van der Waals surface area contributed by atoms with E-state index in [0.717, 1.165) is 57.8 Å². The molecule has 0 heterocycles. The second-order valence-corrected chi connectivity index (χ2v) is 14.7. The summed E-state index contributed by atoms with van der Waals surface area (Å²) in [5.41, 5.74) is 0. The maximum Gasteiger partial charge on any atom is 0.267 e. The molecule has 0 spiro atoms. The zero-order chi connectivity index (χ0) is 35.4. The van der Waals surface area contributed by atoms with Crippen LogP contribution in [-0.4, -0.2) is 41.9 Å². The molecule has 2 unspecified atom stereocenters. The molecular weight excluding hydrogens is 619 g/mol. The summed E-state index contributed by atoms with van der Waals surface area (Å²) >= 11 is 0. The monoisotopic (exact) mass is 692 g/mol. The van der Waals surface area contributed by atoms with E-state index < -0.39 is 28.0 Å². The third-order valence-electron chi connectivity index (χ3n) is 8.39. The van der Waals surface area contributed by atoms with E-state index in [1.54, 1.807) is 6.08 Å². The zero-order valence-corrected chi connectivity index (χ0v) is 31.7. The van der Waals surface area contributed by atoms with Crippen LogP contribution in [0.25, 0.3) is 0 Å². The number of hydrogen-bond acceptors (Lipinski definition) is 4. The second kappa shape index (κ2) is 34.9. The molecule has 0 aromatic rings. The SMILES string of the molecule is CCCC/C=C/CC/C=C/CC/C=C/C(O)C(CS(=O)(=O)O)NC(=O)CCCCCCCCCCC/C=C\C/C=C\CCCCCCC. The number of hydrogen-bond donors (Lipinski definition) is 3. The van der Waals surface area contributed by atoms with Crippen LogP contribution < -0.4 is 5.32 Å². The molecule has 0 aliphatic carbocycles. The van der Waals surface area contributed by atoms with Crippen molar-refractivity contribution in [3.8, 4) is 0 Å². The molecule has 0 aromatic carbocycles. The summed E-state index contributed by atoms with van der Waals surface area (Å²) < 4.78 is 32.4. The molecule has 1 amide bonds. The first-order valence-electron chi connectivity index (χ1n) is 19.5. The Bertz CT molecular complexity index is 983. The van der Waals surface area contributed by atoms with E-state index in [2.05, 4.69) is 67.8 Å². The highest BCUT2D eigenvalue weighted by atomic mass is 32.2. The molecule has 0 aliphatic rings. The van der Waals surface area contributed by atoms with Gasteiger partial charge in [-0.1, -0.05) is 158 Å². The Balaban J connectivity index is 3.96. The average Bonchev–Trinajstić information content (AvgIpc) is 3.05. The van der Waals surface area contributed by atoms with Gasteiger partial charge in [0.25, 0.3) is 10.1 Å². The minimum atomic E-state index is -4.36. The summed E-state index contributed by atoms with van der Waals surface area (Å²) in [6.07, 6.45) is 47.8. The van der Waals surface area contributed by atoms with Gasteiger partial charge in [-0.05, 0) is 70.6 Å². The number of carbonyl (C=O) groups is 1. The van der Waals surface area contributed by atoms with Gasteiger partial charge in [-0.15, -0.1) is 0 Å². The molecule has 3 N–H and O–H groups in total. The van der Waals surface area contributed by atoms with Gasteiger partial charge in [-0.25, -0.2) is 0 Å². The van der Waals surface area contributed by atoms with Crippen molar-refractivity contribution in [2.24, 2.45) is 0 Å². The van der Waals surface area contributed by atoms with E-state index in [4.69, 9.17) is 0 Å². The third-order valence-corrected chi connectivity index (χ3v) is 9.17. The lowest BCUT2D eigenvalue weighted by atomic mass is 10.1. The Morgan fingerprint density at radius 2 is 0.979 bits per heavy atom. The van der Waals surface area contributed by atoms with Crippen LogP contribution in [0, 0.1) is 0 Å². The fraction of sp³-hybridized carbons (Fsp3) is 0.732. The van der Waals surface area contributed by atoms with Crippen molar-refractivity contribution in [3.05, 3.63) is 60.8 Å². The van der Waals surface area contributed by atoms with Crippen molar-refractivity contribution < 1.29 is 22.9 Å². The molecule has 0 bridgehead atoms. The minimum absolute atomic E-state index is 0.277. The maximum atomic E-state index is 12.5. The number of allylic oxidation sites excluding steroid dienone is 9. The van der Waals surface area contributed by atoms with Crippen molar-refractivity contribution in [2.75, 3.05) is 5.75 Å². The molecule has 0 aliphatic heterocycles. The van der Waals surface area contributed by atoms with Crippen LogP contribution in [-0.2, 0) is 14.9 Å². The summed E-state index contributed by atoms with van der Waals surface area (Å²) in [5.74, 6) is -1.02. The summed E-state index contributed by atoms with van der Waals surface area (Å²) in [5, 5.41) is 13.1. The first-order valence-corrected chi connectivity index (χ1v) is 21.1. The van der Waals surface area contributed by atoms with Gasteiger partial charge in [0.2, 0.25) is 5.91 Å². The first-order chi connectivity index (χ1) is 23.3. The lowest BCUT2D eigenvalue weighted by Gasteiger charge is -2.21. The molecule has 0 aromatic heterocycles. The molecule has 6 nitrogen and oxygen atoms in total. The van der Waals surface area contributed by atoms with Gasteiger partial charge < -0.3 is 10.4 Å². The third kappa shape index (κ3) is 35.3. The van der Waals surface area contributed by atoms with Gasteiger partial charge in [-0.3, -0.25) is 9.35 Å². The highest BCUT2D eigenvalue weighted by Gasteiger charge is 2.24. The second-order valence-electron chi connectivity index (χ2n) is 13.2. The van der Waals surface area contributed by atoms with E-state index in [0.29, 0.717) is 6.42 Å². The van der Waals surface area contributed by atoms with E-state index in [1.165, 1.54) is 96.0 Å². The minimum Gasteiger partial charge on any atom is -0.387 e. The number of rotatable bonds is 34. The first kappa shape index (κ1) is 46.0. The van der Waals surface area contributed by atoms with Crippen molar-refractivity contribution in [1.82, 2.24) is 5.32 Å². The molecule has 48 heavy (non-hydrogen) atoms. The maximum absolute atomic E-state index is 12.5. The van der Waals surface area contributed by atoms with E-state index in [9.17, 15) is 22.9 Å². The largest absolute Gasteiger partial charge is 0.387 e. The van der Waals surface area contributed by atoms with Crippen molar-refractivity contribution in [2.45, 2.75) is 187 Å². The average molecular weight is 692 g/mol. The number of unbranched alkanes of at least 4 members (excludes halogenated alkanes) is 18. The van der Waals surface area contributed by atoms with Gasteiger partial charge >= 0.3 is 0 Å². The Morgan fingerprint density at radius 1 is 0.562 bits per heavy atom. The summed E-state index contributed by atoms with van der Waals surface area (Å²) in [7, 11) is -4.36. The van der Waals surface area contributed by atoms with Crippen LogP contribution in [0.3, 0.4) is 0 Å². The number of nitrogens with one attached hydrogen (secondary N) is 1. The molecule has 0 saturated carbocycles. The van der Waals surface area contributed by atoms with Gasteiger partial charge in [0.1, 0.15) is 0 Å². The zero-order valence-electron chi connectivity index (χ0n) is 30.8. The van der Waals surface area contributed by atoms with Crippen LogP contribution in [0.5, 0.6) is 0 Å². The molecular formula is C41H73NO5S. The summed E-state index contributed by atoms with van der Waals surface area (Å²) in [6.45, 7) is 4.45. The topological polar surface area (TPSA) is 104 Å². The highest BCUT2D eigenvalue weighted by Crippen LogP contribution is 2.12. The van der Waals surface area contributed by atoms with Crippen LogP contribution in [0.4, 0.5) is 0 Å². The number of aliphatic hydroxyl groups is 1. The predicted octanol–water partition coefficient (Wildman–Crippen LogP) is 11.3. The Labute approximate surface area is 296 Å². The molecule has 0 rings (SSSR count). The Kier molecular flexibility index (Phi) is 33.5. The van der Waals surface area contributed by atoms with Crippen molar-refractivity contribution in [3.63, 3.8) is 0 Å². The van der Waals surface area contributed by atoms with Crippen LogP contribution in [0.2, 0.25) is 0 Å². The highest BCUT2D eigenvalue weighted by molar-refractivity contribution is 7.85. The van der Waals surface area contributed by atoms with Crippen LogP contribution >= 0.6 is 0 Å². The normalized spacial score (nSPS) is 14.0. The van der Waals surface area contributed by atoms with E-state index in [1.807, 2.05) is 0 Å². The molecule has 0 radical (unpaired) electrons. The molecule has 0 fully saturated rings. The number of amides is 1. The number of aliphatic hydroxyl groups excluding tert-OH is 1. The molecule has 278 valence electrons. The van der Waals surface area contributed by atoms with Gasteiger partial charge in [0, 0.05) is 6.42 Å². The van der Waals surface area contributed by atoms with Gasteiger partial charge in [-0.2, -0.15) is 8.42 Å². The quantitative estimate of drug-likeness (QED) is 0.0354. The molecule has 7 heteroatoms. The Morgan fingerprint density at radius 3 is 1.50 bits per heavy atom. The van der Waals surface area contributed by atoms with Crippen molar-refractivity contribution >= 4 is 16.0 Å². The standard InChI is InChI=1S/C41H73NO5S/c1-3-5-7-9-11-13-15-17-18-19-20-21-22-23-24-25-27-29-31-33-35-37-41(44)42-39(38-48(45,46)47)40(43)36-34-32-30-28-26-16-14-12-10-8-6-4-2/h10,12,15,17,19-20,26,28,34,36,39-40,43H,3-9,11,13-14,16,18,21-25,27,29-33,35,37-38H2,1-2H3,(H,42,44)(H,45,46,47)/b12-10+,17-15-,20-19-,28-26+,36-34+. The fourth-order valence-corrected chi connectivity index (χ4v) is 6.17. The fourth-order valence-electron chi connectivity index (χ4n) is 5.44. The molecule has 0 saturated heterocycles.